The second-order valence-electron chi connectivity index (χ2n) is 12.8. The SMILES string of the molecule is CC(C)(C)c1ccnc(-n2c3[c-]c(Oc4[c-]c(-c5cc6c(cn5)sc5ncnn56)cc(-c5ccccc5)c4)ccc3c3ccccc32)c1.[Pt+2]. The van der Waals surface area contributed by atoms with Crippen molar-refractivity contribution in [2.75, 3.05) is 0 Å². The molecule has 0 aliphatic carbocycles. The summed E-state index contributed by atoms with van der Waals surface area (Å²) in [6.07, 6.45) is 5.33. The molecule has 4 aromatic carbocycles. The maximum Gasteiger partial charge on any atom is 2.00 e. The van der Waals surface area contributed by atoms with Crippen LogP contribution in [0.1, 0.15) is 26.3 Å². The number of thiazole rings is 1. The first-order chi connectivity index (χ1) is 23.4. The predicted octanol–water partition coefficient (Wildman–Crippen LogP) is 9.85. The van der Waals surface area contributed by atoms with E-state index in [2.05, 4.69) is 108 Å². The number of fused-ring (bicyclic) bond motifs is 6. The van der Waals surface area contributed by atoms with Crippen LogP contribution < -0.4 is 4.74 Å². The number of nitrogens with zero attached hydrogens (tertiary/aromatic N) is 6. The summed E-state index contributed by atoms with van der Waals surface area (Å²) in [6.45, 7) is 6.65. The minimum atomic E-state index is -0.0180. The van der Waals surface area contributed by atoms with E-state index in [-0.39, 0.29) is 26.5 Å². The van der Waals surface area contributed by atoms with E-state index in [1.165, 1.54) is 5.56 Å². The summed E-state index contributed by atoms with van der Waals surface area (Å²) in [7, 11) is 0. The molecular weight excluding hydrogens is 808 g/mol. The first-order valence-electron chi connectivity index (χ1n) is 15.7. The van der Waals surface area contributed by atoms with Crippen molar-refractivity contribution >= 4 is 48.3 Å². The number of pyridine rings is 2. The molecule has 9 aromatic rings. The molecular formula is C40H28N6OPtS. The number of aromatic nitrogens is 6. The second-order valence-corrected chi connectivity index (χ2v) is 13.8. The number of hydrogen-bond donors (Lipinski definition) is 0. The normalized spacial score (nSPS) is 11.8. The van der Waals surface area contributed by atoms with E-state index in [9.17, 15) is 0 Å². The first-order valence-corrected chi connectivity index (χ1v) is 16.5. The van der Waals surface area contributed by atoms with Gasteiger partial charge in [0, 0.05) is 29.4 Å². The molecule has 5 heterocycles. The van der Waals surface area contributed by atoms with Gasteiger partial charge in [0.05, 0.1) is 10.2 Å². The van der Waals surface area contributed by atoms with Crippen LogP contribution in [0.2, 0.25) is 0 Å². The van der Waals surface area contributed by atoms with Crippen LogP contribution in [0.25, 0.3) is 65.2 Å². The Labute approximate surface area is 301 Å². The second kappa shape index (κ2) is 12.1. The van der Waals surface area contributed by atoms with E-state index in [1.807, 2.05) is 53.3 Å². The van der Waals surface area contributed by atoms with Crippen molar-refractivity contribution in [3.63, 3.8) is 0 Å². The first kappa shape index (κ1) is 31.1. The molecule has 0 unspecified atom stereocenters. The maximum atomic E-state index is 6.61. The number of para-hydroxylation sites is 1. The number of rotatable bonds is 5. The summed E-state index contributed by atoms with van der Waals surface area (Å²) in [5.74, 6) is 1.99. The van der Waals surface area contributed by atoms with Crippen LogP contribution in [0.5, 0.6) is 11.5 Å². The van der Waals surface area contributed by atoms with Crippen LogP contribution in [0, 0.1) is 12.1 Å². The van der Waals surface area contributed by atoms with E-state index in [1.54, 1.807) is 17.7 Å². The van der Waals surface area contributed by atoms with Gasteiger partial charge in [0.1, 0.15) is 12.1 Å². The zero-order valence-corrected chi connectivity index (χ0v) is 29.9. The molecule has 0 spiro atoms. The van der Waals surface area contributed by atoms with E-state index >= 15 is 0 Å². The molecule has 0 aliphatic heterocycles. The van der Waals surface area contributed by atoms with Gasteiger partial charge in [-0.25, -0.2) is 14.5 Å². The van der Waals surface area contributed by atoms with Crippen LogP contribution in [-0.2, 0) is 26.5 Å². The minimum absolute atomic E-state index is 0. The van der Waals surface area contributed by atoms with Crippen LogP contribution in [0.3, 0.4) is 0 Å². The molecule has 49 heavy (non-hydrogen) atoms. The molecule has 0 fully saturated rings. The van der Waals surface area contributed by atoms with Gasteiger partial charge in [-0.1, -0.05) is 110 Å². The predicted molar refractivity (Wildman–Crippen MR) is 192 cm³/mol. The molecule has 5 aromatic heterocycles. The smallest absolute Gasteiger partial charge is 0.503 e. The molecule has 0 N–H and O–H groups in total. The molecule has 0 radical (unpaired) electrons. The Morgan fingerprint density at radius 1 is 0.735 bits per heavy atom. The van der Waals surface area contributed by atoms with Crippen LogP contribution in [-0.4, -0.2) is 29.1 Å². The van der Waals surface area contributed by atoms with Crippen molar-refractivity contribution in [1.82, 2.24) is 29.1 Å². The third-order valence-electron chi connectivity index (χ3n) is 8.64. The average molecular weight is 836 g/mol. The number of benzene rings is 4. The summed E-state index contributed by atoms with van der Waals surface area (Å²) < 4.78 is 11.6. The molecule has 0 atom stereocenters. The Kier molecular flexibility index (Phi) is 7.66. The van der Waals surface area contributed by atoms with Gasteiger partial charge in [-0.15, -0.1) is 29.1 Å². The van der Waals surface area contributed by atoms with Crippen molar-refractivity contribution in [2.45, 2.75) is 26.2 Å². The van der Waals surface area contributed by atoms with Gasteiger partial charge >= 0.3 is 21.1 Å². The van der Waals surface area contributed by atoms with E-state index in [0.717, 1.165) is 65.2 Å². The molecule has 0 bridgehead atoms. The fraction of sp³-hybridized carbons (Fsp3) is 0.100. The van der Waals surface area contributed by atoms with Gasteiger partial charge in [-0.3, -0.25) is 0 Å². The summed E-state index contributed by atoms with van der Waals surface area (Å²) in [4.78, 5) is 14.8. The Morgan fingerprint density at radius 3 is 2.43 bits per heavy atom. The zero-order chi connectivity index (χ0) is 32.4. The molecule has 240 valence electrons. The van der Waals surface area contributed by atoms with Crippen LogP contribution in [0.15, 0.2) is 116 Å². The van der Waals surface area contributed by atoms with Gasteiger partial charge in [0.25, 0.3) is 0 Å². The molecule has 0 saturated carbocycles. The van der Waals surface area contributed by atoms with Gasteiger partial charge < -0.3 is 14.3 Å². The van der Waals surface area contributed by atoms with Gasteiger partial charge in [0.15, 0.2) is 0 Å². The van der Waals surface area contributed by atoms with E-state index in [0.29, 0.717) is 11.5 Å². The fourth-order valence-electron chi connectivity index (χ4n) is 6.22. The topological polar surface area (TPSA) is 70.1 Å². The van der Waals surface area contributed by atoms with E-state index in [4.69, 9.17) is 14.7 Å². The Balaban J connectivity index is 0.00000348. The van der Waals surface area contributed by atoms with Gasteiger partial charge in [0.2, 0.25) is 4.96 Å². The largest absolute Gasteiger partial charge is 2.00 e. The molecule has 0 aliphatic rings. The average Bonchev–Trinajstić information content (AvgIpc) is 3.80. The van der Waals surface area contributed by atoms with Crippen molar-refractivity contribution in [1.29, 1.82) is 0 Å². The summed E-state index contributed by atoms with van der Waals surface area (Å²) >= 11 is 1.56. The Hall–Kier alpha value is -5.17. The fourth-order valence-corrected chi connectivity index (χ4v) is 7.10. The summed E-state index contributed by atoms with van der Waals surface area (Å²) in [6, 6.07) is 40.2. The number of ether oxygens (including phenoxy) is 1. The monoisotopic (exact) mass is 835 g/mol. The van der Waals surface area contributed by atoms with Crippen LogP contribution in [0.4, 0.5) is 0 Å². The van der Waals surface area contributed by atoms with Gasteiger partial charge in [-0.2, -0.15) is 11.2 Å². The quantitative estimate of drug-likeness (QED) is 0.162. The van der Waals surface area contributed by atoms with E-state index < -0.39 is 0 Å². The van der Waals surface area contributed by atoms with Crippen LogP contribution >= 0.6 is 11.3 Å². The standard InChI is InChI=1S/C40H28N6OS.Pt/c1-40(2,3)28-15-16-41-38(20-28)45-34-12-8-7-11-31(34)32-14-13-29(21-35(32)45)47-30-18-26(25-9-5-4-6-10-25)17-27(19-30)33-22-36-37(23-42-33)48-39-43-24-44-46(36)39;/h4-18,20,22-24H,1-3H3;/q-2;+2. The third kappa shape index (κ3) is 5.51. The third-order valence-corrected chi connectivity index (χ3v) is 9.63. The molecule has 9 rings (SSSR count). The van der Waals surface area contributed by atoms with Crippen molar-refractivity contribution in [3.8, 4) is 39.7 Å². The maximum absolute atomic E-state index is 6.61. The number of hydrogen-bond acceptors (Lipinski definition) is 6. The summed E-state index contributed by atoms with van der Waals surface area (Å²) in [5, 5.41) is 6.62. The molecule has 7 nitrogen and oxygen atoms in total. The van der Waals surface area contributed by atoms with Crippen molar-refractivity contribution in [2.24, 2.45) is 0 Å². The van der Waals surface area contributed by atoms with Crippen molar-refractivity contribution < 1.29 is 25.8 Å². The summed E-state index contributed by atoms with van der Waals surface area (Å²) in [5.41, 5.74) is 7.75. The van der Waals surface area contributed by atoms with Crippen molar-refractivity contribution in [3.05, 3.63) is 133 Å². The Bertz CT molecular complexity index is 2650. The Morgan fingerprint density at radius 2 is 1.57 bits per heavy atom. The zero-order valence-electron chi connectivity index (χ0n) is 26.8. The minimum Gasteiger partial charge on any atom is -0.503 e. The molecule has 0 amide bonds. The molecule has 9 heteroatoms. The molecule has 0 saturated heterocycles. The van der Waals surface area contributed by atoms with Gasteiger partial charge in [-0.05, 0) is 45.8 Å².